The minimum atomic E-state index is -0.610. The third kappa shape index (κ3) is 5.57. The average Bonchev–Trinajstić information content (AvgIpc) is 2.57. The molecule has 0 aromatic heterocycles. The number of thiocarbonyl (C=S) groups is 1. The molecule has 2 rings (SSSR count). The van der Waals surface area contributed by atoms with Crippen molar-refractivity contribution in [2.24, 2.45) is 0 Å². The van der Waals surface area contributed by atoms with Gasteiger partial charge in [-0.25, -0.2) is 8.78 Å². The van der Waals surface area contributed by atoms with E-state index in [9.17, 15) is 13.6 Å². The summed E-state index contributed by atoms with van der Waals surface area (Å²) in [5.74, 6) is -1.75. The van der Waals surface area contributed by atoms with E-state index >= 15 is 0 Å². The lowest BCUT2D eigenvalue weighted by molar-refractivity contribution is 0.102. The summed E-state index contributed by atoms with van der Waals surface area (Å²) in [4.78, 5) is 12.2. The summed E-state index contributed by atoms with van der Waals surface area (Å²) in [6, 6.07) is 7.91. The monoisotopic (exact) mass is 427 g/mol. The van der Waals surface area contributed by atoms with Crippen LogP contribution in [0, 0.1) is 11.6 Å². The Hall–Kier alpha value is -1.86. The fraction of sp³-hybridized carbons (Fsp3) is 0.222. The first-order valence-electron chi connectivity index (χ1n) is 7.61. The van der Waals surface area contributed by atoms with Crippen LogP contribution in [0.15, 0.2) is 40.9 Å². The molecule has 0 spiro atoms. The second kappa shape index (κ2) is 9.01. The van der Waals surface area contributed by atoms with Gasteiger partial charge in [-0.1, -0.05) is 28.9 Å². The van der Waals surface area contributed by atoms with Gasteiger partial charge in [0.1, 0.15) is 11.6 Å². The lowest BCUT2D eigenvalue weighted by atomic mass is 10.1. The van der Waals surface area contributed by atoms with Gasteiger partial charge in [-0.3, -0.25) is 4.79 Å². The number of carbonyl (C=O) groups is 1. The number of ether oxygens (including phenoxy) is 1. The first-order chi connectivity index (χ1) is 11.9. The predicted molar refractivity (Wildman–Crippen MR) is 101 cm³/mol. The van der Waals surface area contributed by atoms with Gasteiger partial charge in [0, 0.05) is 16.5 Å². The molecule has 0 bridgehead atoms. The van der Waals surface area contributed by atoms with E-state index in [1.807, 2.05) is 6.92 Å². The molecule has 0 radical (unpaired) electrons. The first kappa shape index (κ1) is 19.5. The number of carbonyl (C=O) groups excluding carboxylic acids is 1. The van der Waals surface area contributed by atoms with Crippen LogP contribution in [0.2, 0.25) is 0 Å². The van der Waals surface area contributed by atoms with E-state index in [-0.39, 0.29) is 11.3 Å². The summed E-state index contributed by atoms with van der Waals surface area (Å²) >= 11 is 8.43. The van der Waals surface area contributed by atoms with E-state index in [0.717, 1.165) is 12.5 Å². The van der Waals surface area contributed by atoms with Gasteiger partial charge in [0.05, 0.1) is 12.3 Å². The SMILES string of the molecule is CCCOC(=S)Cc1cc(NC(=O)c2cccc(F)c2)c(F)cc1Br. The Morgan fingerprint density at radius 2 is 2.04 bits per heavy atom. The molecule has 2 aromatic rings. The van der Waals surface area contributed by atoms with Gasteiger partial charge in [0.15, 0.2) is 5.05 Å². The average molecular weight is 428 g/mol. The van der Waals surface area contributed by atoms with Crippen LogP contribution in [0.4, 0.5) is 14.5 Å². The molecule has 0 aliphatic heterocycles. The Morgan fingerprint density at radius 1 is 1.28 bits per heavy atom. The maximum Gasteiger partial charge on any atom is 0.255 e. The van der Waals surface area contributed by atoms with Crippen molar-refractivity contribution in [1.29, 1.82) is 0 Å². The minimum absolute atomic E-state index is 0.00856. The highest BCUT2D eigenvalue weighted by atomic mass is 79.9. The Kier molecular flexibility index (Phi) is 7.01. The molecule has 0 fully saturated rings. The normalized spacial score (nSPS) is 10.4. The second-order valence-corrected chi connectivity index (χ2v) is 6.59. The zero-order chi connectivity index (χ0) is 18.4. The Balaban J connectivity index is 2.19. The molecule has 0 aliphatic rings. The van der Waals surface area contributed by atoms with Crippen LogP contribution in [0.5, 0.6) is 0 Å². The van der Waals surface area contributed by atoms with E-state index in [0.29, 0.717) is 28.1 Å². The van der Waals surface area contributed by atoms with Gasteiger partial charge < -0.3 is 10.1 Å². The highest BCUT2D eigenvalue weighted by molar-refractivity contribution is 9.10. The summed E-state index contributed by atoms with van der Waals surface area (Å²) in [5.41, 5.74) is 0.772. The molecule has 0 atom stereocenters. The van der Waals surface area contributed by atoms with Crippen molar-refractivity contribution in [1.82, 2.24) is 0 Å². The third-order valence-electron chi connectivity index (χ3n) is 3.27. The molecule has 2 aromatic carbocycles. The Bertz CT molecular complexity index is 799. The Morgan fingerprint density at radius 3 is 2.72 bits per heavy atom. The highest BCUT2D eigenvalue weighted by Gasteiger charge is 2.14. The van der Waals surface area contributed by atoms with Crippen LogP contribution in [0.3, 0.4) is 0 Å². The summed E-state index contributed by atoms with van der Waals surface area (Å²) in [6.45, 7) is 2.48. The van der Waals surface area contributed by atoms with Crippen molar-refractivity contribution in [3.63, 3.8) is 0 Å². The second-order valence-electron chi connectivity index (χ2n) is 5.29. The van der Waals surface area contributed by atoms with E-state index in [4.69, 9.17) is 17.0 Å². The maximum atomic E-state index is 14.1. The maximum absolute atomic E-state index is 14.1. The number of rotatable bonds is 6. The number of nitrogens with one attached hydrogen (secondary N) is 1. The van der Waals surface area contributed by atoms with Crippen LogP contribution >= 0.6 is 28.1 Å². The summed E-state index contributed by atoms with van der Waals surface area (Å²) in [6.07, 6.45) is 1.14. The molecule has 0 saturated carbocycles. The van der Waals surface area contributed by atoms with Gasteiger partial charge in [0.2, 0.25) is 0 Å². The number of hydrogen-bond donors (Lipinski definition) is 1. The van der Waals surface area contributed by atoms with Crippen molar-refractivity contribution in [2.75, 3.05) is 11.9 Å². The number of benzene rings is 2. The van der Waals surface area contributed by atoms with Crippen molar-refractivity contribution in [2.45, 2.75) is 19.8 Å². The molecular formula is C18H16BrF2NO2S. The number of halogens is 3. The standard InChI is InChI=1S/C18H16BrF2NO2S/c1-2-6-24-17(25)9-12-8-16(15(21)10-14(12)19)22-18(23)11-4-3-5-13(20)7-11/h3-5,7-8,10H,2,6,9H2,1H3,(H,22,23). The van der Waals surface area contributed by atoms with Crippen LogP contribution in [-0.4, -0.2) is 17.6 Å². The van der Waals surface area contributed by atoms with Gasteiger partial charge in [-0.05, 0) is 54.5 Å². The highest BCUT2D eigenvalue weighted by Crippen LogP contribution is 2.26. The van der Waals surface area contributed by atoms with Gasteiger partial charge in [-0.15, -0.1) is 0 Å². The van der Waals surface area contributed by atoms with Gasteiger partial charge >= 0.3 is 0 Å². The quantitative estimate of drug-likeness (QED) is 0.637. The molecule has 25 heavy (non-hydrogen) atoms. The third-order valence-corrected chi connectivity index (χ3v) is 4.27. The molecule has 1 N–H and O–H groups in total. The molecule has 132 valence electrons. The van der Waals surface area contributed by atoms with Crippen molar-refractivity contribution < 1.29 is 18.3 Å². The lowest BCUT2D eigenvalue weighted by Crippen LogP contribution is -2.14. The van der Waals surface area contributed by atoms with Crippen LogP contribution < -0.4 is 5.32 Å². The van der Waals surface area contributed by atoms with Crippen molar-refractivity contribution in [3.8, 4) is 0 Å². The molecule has 1 amide bonds. The topological polar surface area (TPSA) is 38.3 Å². The van der Waals surface area contributed by atoms with E-state index in [2.05, 4.69) is 21.2 Å². The molecule has 0 unspecified atom stereocenters. The summed E-state index contributed by atoms with van der Waals surface area (Å²) in [7, 11) is 0. The molecular weight excluding hydrogens is 412 g/mol. The van der Waals surface area contributed by atoms with Crippen LogP contribution in [-0.2, 0) is 11.2 Å². The van der Waals surface area contributed by atoms with Gasteiger partial charge in [0.25, 0.3) is 5.91 Å². The number of amides is 1. The molecule has 3 nitrogen and oxygen atoms in total. The predicted octanol–water partition coefficient (Wildman–Crippen LogP) is 5.28. The van der Waals surface area contributed by atoms with Crippen molar-refractivity contribution >= 4 is 44.8 Å². The number of hydrogen-bond acceptors (Lipinski definition) is 3. The van der Waals surface area contributed by atoms with Gasteiger partial charge in [-0.2, -0.15) is 0 Å². The summed E-state index contributed by atoms with van der Waals surface area (Å²) in [5, 5.41) is 2.84. The molecule has 0 saturated heterocycles. The summed E-state index contributed by atoms with van der Waals surface area (Å²) < 4.78 is 33.3. The lowest BCUT2D eigenvalue weighted by Gasteiger charge is -2.12. The molecule has 0 aliphatic carbocycles. The van der Waals surface area contributed by atoms with E-state index in [1.165, 1.54) is 30.3 Å². The van der Waals surface area contributed by atoms with Crippen LogP contribution in [0.25, 0.3) is 0 Å². The zero-order valence-electron chi connectivity index (χ0n) is 13.4. The fourth-order valence-electron chi connectivity index (χ4n) is 2.07. The smallest absolute Gasteiger partial charge is 0.255 e. The zero-order valence-corrected chi connectivity index (χ0v) is 15.8. The van der Waals surface area contributed by atoms with Crippen molar-refractivity contribution in [3.05, 3.63) is 63.6 Å². The number of anilines is 1. The first-order valence-corrected chi connectivity index (χ1v) is 8.81. The fourth-order valence-corrected chi connectivity index (χ4v) is 2.77. The van der Waals surface area contributed by atoms with E-state index < -0.39 is 17.5 Å². The van der Waals surface area contributed by atoms with E-state index in [1.54, 1.807) is 0 Å². The van der Waals surface area contributed by atoms with Crippen LogP contribution in [0.1, 0.15) is 29.3 Å². The minimum Gasteiger partial charge on any atom is -0.487 e. The largest absolute Gasteiger partial charge is 0.487 e. The molecule has 7 heteroatoms. The molecule has 0 heterocycles. The Labute approximate surface area is 158 Å².